The van der Waals surface area contributed by atoms with Crippen molar-refractivity contribution in [3.63, 3.8) is 0 Å². The largest absolute Gasteiger partial charge is 0.343 e. The molecule has 1 amide bonds. The second-order valence-electron chi connectivity index (χ2n) is 5.82. The molecule has 1 saturated heterocycles. The number of amides is 1. The highest BCUT2D eigenvalue weighted by molar-refractivity contribution is 5.97. The summed E-state index contributed by atoms with van der Waals surface area (Å²) in [5.41, 5.74) is 3.84. The van der Waals surface area contributed by atoms with Gasteiger partial charge in [0.25, 0.3) is 0 Å². The molecule has 1 unspecified atom stereocenters. The third-order valence-corrected chi connectivity index (χ3v) is 4.53. The van der Waals surface area contributed by atoms with Crippen molar-refractivity contribution in [3.05, 3.63) is 41.5 Å². The number of hydrogen-bond acceptors (Lipinski definition) is 4. The zero-order chi connectivity index (χ0) is 14.2. The number of aromatic nitrogens is 2. The molecule has 0 bridgehead atoms. The van der Waals surface area contributed by atoms with Crippen LogP contribution in [0.2, 0.25) is 0 Å². The van der Waals surface area contributed by atoms with E-state index in [0.717, 1.165) is 18.5 Å². The Morgan fingerprint density at radius 2 is 2.14 bits per heavy atom. The molecule has 0 radical (unpaired) electrons. The first kappa shape index (κ1) is 12.6. The molecular weight excluding hydrogens is 266 g/mol. The van der Waals surface area contributed by atoms with Crippen LogP contribution < -0.4 is 4.90 Å². The topological polar surface area (TPSA) is 59.2 Å². The van der Waals surface area contributed by atoms with Crippen LogP contribution in [0.1, 0.15) is 42.1 Å². The number of fused-ring (bicyclic) bond motifs is 1. The van der Waals surface area contributed by atoms with Crippen molar-refractivity contribution in [3.8, 4) is 0 Å². The maximum Gasteiger partial charge on any atom is 0.227 e. The molecule has 1 aliphatic carbocycles. The SMILES string of the molecule is O=C1CC(c2ncon2)CN1c1cccc2c1CCCC2. The molecule has 0 saturated carbocycles. The Labute approximate surface area is 123 Å². The standard InChI is InChI=1S/C16H17N3O2/c20-15-8-12(16-17-10-21-18-16)9-19(15)14-7-3-5-11-4-1-2-6-13(11)14/h3,5,7,10,12H,1-2,4,6,8-9H2. The molecule has 21 heavy (non-hydrogen) atoms. The van der Waals surface area contributed by atoms with Crippen LogP contribution in [-0.4, -0.2) is 22.6 Å². The molecule has 4 rings (SSSR count). The van der Waals surface area contributed by atoms with Crippen molar-refractivity contribution in [2.45, 2.75) is 38.0 Å². The lowest BCUT2D eigenvalue weighted by atomic mass is 9.90. The van der Waals surface area contributed by atoms with Gasteiger partial charge in [-0.25, -0.2) is 0 Å². The minimum Gasteiger partial charge on any atom is -0.343 e. The number of carbonyl (C=O) groups excluding carboxylic acids is 1. The zero-order valence-corrected chi connectivity index (χ0v) is 11.8. The van der Waals surface area contributed by atoms with Crippen molar-refractivity contribution in [2.24, 2.45) is 0 Å². The van der Waals surface area contributed by atoms with Gasteiger partial charge >= 0.3 is 0 Å². The smallest absolute Gasteiger partial charge is 0.227 e. The molecular formula is C16H17N3O2. The van der Waals surface area contributed by atoms with Crippen molar-refractivity contribution in [1.29, 1.82) is 0 Å². The number of carbonyl (C=O) groups is 1. The molecule has 5 heteroatoms. The van der Waals surface area contributed by atoms with Crippen LogP contribution in [0.4, 0.5) is 5.69 Å². The molecule has 1 fully saturated rings. The Kier molecular flexibility index (Phi) is 2.98. The van der Waals surface area contributed by atoms with E-state index in [1.165, 1.54) is 30.4 Å². The Morgan fingerprint density at radius 1 is 1.24 bits per heavy atom. The second-order valence-corrected chi connectivity index (χ2v) is 5.82. The molecule has 2 aliphatic rings. The van der Waals surface area contributed by atoms with Crippen LogP contribution in [0, 0.1) is 0 Å². The van der Waals surface area contributed by atoms with E-state index in [1.54, 1.807) is 0 Å². The number of benzene rings is 1. The van der Waals surface area contributed by atoms with E-state index >= 15 is 0 Å². The van der Waals surface area contributed by atoms with Gasteiger partial charge in [0.1, 0.15) is 0 Å². The highest BCUT2D eigenvalue weighted by atomic mass is 16.5. The van der Waals surface area contributed by atoms with Gasteiger partial charge in [-0.3, -0.25) is 4.79 Å². The first-order valence-electron chi connectivity index (χ1n) is 7.50. The molecule has 5 nitrogen and oxygen atoms in total. The molecule has 1 aliphatic heterocycles. The van der Waals surface area contributed by atoms with Crippen LogP contribution >= 0.6 is 0 Å². The van der Waals surface area contributed by atoms with Crippen LogP contribution in [0.25, 0.3) is 0 Å². The van der Waals surface area contributed by atoms with Crippen LogP contribution in [0.5, 0.6) is 0 Å². The summed E-state index contributed by atoms with van der Waals surface area (Å²) < 4.78 is 4.80. The highest BCUT2D eigenvalue weighted by Crippen LogP contribution is 2.35. The Bertz CT molecular complexity index is 666. The normalized spacial score (nSPS) is 21.6. The summed E-state index contributed by atoms with van der Waals surface area (Å²) in [4.78, 5) is 18.4. The monoisotopic (exact) mass is 283 g/mol. The number of rotatable bonds is 2. The van der Waals surface area contributed by atoms with E-state index in [2.05, 4.69) is 28.3 Å². The number of anilines is 1. The quantitative estimate of drug-likeness (QED) is 0.849. The minimum absolute atomic E-state index is 0.0377. The predicted octanol–water partition coefficient (Wildman–Crippen LogP) is 2.47. The summed E-state index contributed by atoms with van der Waals surface area (Å²) in [5.74, 6) is 0.829. The average molecular weight is 283 g/mol. The summed E-state index contributed by atoms with van der Waals surface area (Å²) in [6.45, 7) is 0.648. The fourth-order valence-electron chi connectivity index (χ4n) is 3.49. The van der Waals surface area contributed by atoms with Crippen molar-refractivity contribution >= 4 is 11.6 Å². The van der Waals surface area contributed by atoms with Crippen molar-refractivity contribution < 1.29 is 9.32 Å². The average Bonchev–Trinajstić information content (AvgIpc) is 3.16. The Hall–Kier alpha value is -2.17. The van der Waals surface area contributed by atoms with E-state index in [1.807, 2.05) is 4.90 Å². The van der Waals surface area contributed by atoms with E-state index in [0.29, 0.717) is 18.8 Å². The van der Waals surface area contributed by atoms with Crippen molar-refractivity contribution in [2.75, 3.05) is 11.4 Å². The lowest BCUT2D eigenvalue weighted by molar-refractivity contribution is -0.117. The second kappa shape index (κ2) is 4.98. The van der Waals surface area contributed by atoms with Gasteiger partial charge < -0.3 is 9.42 Å². The summed E-state index contributed by atoms with van der Waals surface area (Å²) in [7, 11) is 0. The highest BCUT2D eigenvalue weighted by Gasteiger charge is 2.35. The van der Waals surface area contributed by atoms with Gasteiger partial charge in [-0.2, -0.15) is 4.98 Å². The summed E-state index contributed by atoms with van der Waals surface area (Å²) in [6, 6.07) is 6.32. The lowest BCUT2D eigenvalue weighted by Gasteiger charge is -2.25. The molecule has 2 heterocycles. The molecule has 1 aromatic carbocycles. The lowest BCUT2D eigenvalue weighted by Crippen LogP contribution is -2.26. The van der Waals surface area contributed by atoms with E-state index in [4.69, 9.17) is 4.52 Å². The Balaban J connectivity index is 1.66. The van der Waals surface area contributed by atoms with Gasteiger partial charge in [-0.1, -0.05) is 17.3 Å². The van der Waals surface area contributed by atoms with Gasteiger partial charge in [0.2, 0.25) is 12.3 Å². The fraction of sp³-hybridized carbons (Fsp3) is 0.438. The van der Waals surface area contributed by atoms with Gasteiger partial charge in [0.15, 0.2) is 5.82 Å². The molecule has 1 atom stereocenters. The number of hydrogen-bond donors (Lipinski definition) is 0. The maximum atomic E-state index is 12.4. The summed E-state index contributed by atoms with van der Waals surface area (Å²) in [5, 5.41) is 3.88. The first-order valence-corrected chi connectivity index (χ1v) is 7.50. The zero-order valence-electron chi connectivity index (χ0n) is 11.8. The third kappa shape index (κ3) is 2.13. The maximum absolute atomic E-state index is 12.4. The number of nitrogens with zero attached hydrogens (tertiary/aromatic N) is 3. The number of aryl methyl sites for hydroxylation is 1. The van der Waals surface area contributed by atoms with Crippen LogP contribution in [0.3, 0.4) is 0 Å². The molecule has 2 aromatic rings. The third-order valence-electron chi connectivity index (χ3n) is 4.53. The van der Waals surface area contributed by atoms with Crippen LogP contribution in [-0.2, 0) is 17.6 Å². The van der Waals surface area contributed by atoms with Gasteiger partial charge in [0, 0.05) is 24.6 Å². The van der Waals surface area contributed by atoms with Gasteiger partial charge in [-0.05, 0) is 42.9 Å². The Morgan fingerprint density at radius 3 is 3.00 bits per heavy atom. The van der Waals surface area contributed by atoms with Gasteiger partial charge in [0.05, 0.1) is 0 Å². The molecule has 1 aromatic heterocycles. The van der Waals surface area contributed by atoms with E-state index in [9.17, 15) is 4.79 Å². The van der Waals surface area contributed by atoms with E-state index in [-0.39, 0.29) is 11.8 Å². The molecule has 0 spiro atoms. The fourth-order valence-corrected chi connectivity index (χ4v) is 3.49. The van der Waals surface area contributed by atoms with Crippen LogP contribution in [0.15, 0.2) is 29.1 Å². The van der Waals surface area contributed by atoms with Gasteiger partial charge in [-0.15, -0.1) is 0 Å². The molecule has 108 valence electrons. The minimum atomic E-state index is 0.0377. The predicted molar refractivity (Wildman–Crippen MR) is 77.1 cm³/mol. The van der Waals surface area contributed by atoms with E-state index < -0.39 is 0 Å². The van der Waals surface area contributed by atoms with Crippen molar-refractivity contribution in [1.82, 2.24) is 10.1 Å². The summed E-state index contributed by atoms with van der Waals surface area (Å²) in [6.07, 6.45) is 6.44. The first-order chi connectivity index (χ1) is 10.3. The summed E-state index contributed by atoms with van der Waals surface area (Å²) >= 11 is 0. The molecule has 0 N–H and O–H groups in total.